The zero-order chi connectivity index (χ0) is 11.7. The fraction of sp³-hybridized carbons (Fsp3) is 0.818. The Balaban J connectivity index is 3.34. The van der Waals surface area contributed by atoms with Crippen LogP contribution in [0.5, 0.6) is 0 Å². The third-order valence-corrected chi connectivity index (χ3v) is 2.09. The molecule has 88 valence electrons. The Bertz CT molecular complexity index is 193. The van der Waals surface area contributed by atoms with E-state index >= 15 is 0 Å². The van der Waals surface area contributed by atoms with Crippen LogP contribution in [0.3, 0.4) is 0 Å². The van der Waals surface area contributed by atoms with E-state index in [1.54, 1.807) is 0 Å². The van der Waals surface area contributed by atoms with Crippen LogP contribution in [-0.2, 0) is 0 Å². The van der Waals surface area contributed by atoms with Gasteiger partial charge in [0, 0.05) is 18.9 Å². The summed E-state index contributed by atoms with van der Waals surface area (Å²) in [4.78, 5) is 0. The summed E-state index contributed by atoms with van der Waals surface area (Å²) in [5, 5.41) is 3.14. The number of hydrogen-bond donors (Lipinski definition) is 1. The number of halogens is 3. The van der Waals surface area contributed by atoms with Crippen LogP contribution in [-0.4, -0.2) is 18.8 Å². The van der Waals surface area contributed by atoms with Crippen molar-refractivity contribution in [2.75, 3.05) is 6.54 Å². The maximum atomic E-state index is 11.8. The van der Waals surface area contributed by atoms with Gasteiger partial charge in [0.2, 0.25) is 0 Å². The Kier molecular flexibility index (Phi) is 7.23. The molecular weight excluding hydrogens is 203 g/mol. The Morgan fingerprint density at radius 3 is 2.53 bits per heavy atom. The van der Waals surface area contributed by atoms with Gasteiger partial charge in [-0.3, -0.25) is 0 Å². The Labute approximate surface area is 89.4 Å². The lowest BCUT2D eigenvalue weighted by atomic mass is 10.1. The molecule has 0 saturated carbocycles. The van der Waals surface area contributed by atoms with E-state index in [4.69, 9.17) is 6.42 Å². The number of nitrogens with one attached hydrogen (secondary N) is 1. The van der Waals surface area contributed by atoms with E-state index in [1.807, 2.05) is 6.92 Å². The summed E-state index contributed by atoms with van der Waals surface area (Å²) in [7, 11) is 0. The van der Waals surface area contributed by atoms with Gasteiger partial charge in [-0.15, -0.1) is 12.3 Å². The van der Waals surface area contributed by atoms with Crippen molar-refractivity contribution in [3.63, 3.8) is 0 Å². The van der Waals surface area contributed by atoms with Crippen molar-refractivity contribution in [1.29, 1.82) is 0 Å². The maximum Gasteiger partial charge on any atom is 0.389 e. The van der Waals surface area contributed by atoms with E-state index < -0.39 is 12.6 Å². The molecule has 0 bridgehead atoms. The highest BCUT2D eigenvalue weighted by Crippen LogP contribution is 2.22. The molecular formula is C11H18F3N. The molecule has 1 N–H and O–H groups in total. The smallest absolute Gasteiger partial charge is 0.314 e. The van der Waals surface area contributed by atoms with Gasteiger partial charge in [-0.25, -0.2) is 0 Å². The van der Waals surface area contributed by atoms with Crippen LogP contribution in [0, 0.1) is 12.3 Å². The average Bonchev–Trinajstić information content (AvgIpc) is 2.10. The Hall–Kier alpha value is -0.690. The van der Waals surface area contributed by atoms with Gasteiger partial charge in [0.25, 0.3) is 0 Å². The van der Waals surface area contributed by atoms with Gasteiger partial charge in [0.05, 0.1) is 0 Å². The molecule has 0 heterocycles. The first kappa shape index (κ1) is 14.3. The van der Waals surface area contributed by atoms with E-state index in [0.717, 1.165) is 13.0 Å². The van der Waals surface area contributed by atoms with Gasteiger partial charge in [0.1, 0.15) is 0 Å². The Morgan fingerprint density at radius 1 is 1.33 bits per heavy atom. The molecule has 0 saturated heterocycles. The highest BCUT2D eigenvalue weighted by Gasteiger charge is 2.26. The first-order valence-electron chi connectivity index (χ1n) is 5.19. The molecule has 0 aromatic carbocycles. The minimum absolute atomic E-state index is 0.130. The predicted octanol–water partition coefficient (Wildman–Crippen LogP) is 3.11. The molecule has 0 spiro atoms. The molecule has 0 radical (unpaired) electrons. The van der Waals surface area contributed by atoms with Crippen molar-refractivity contribution in [3.05, 3.63) is 0 Å². The minimum Gasteiger partial charge on any atom is -0.314 e. The van der Waals surface area contributed by atoms with Crippen LogP contribution in [0.4, 0.5) is 13.2 Å². The molecule has 0 aromatic rings. The quantitative estimate of drug-likeness (QED) is 0.514. The van der Waals surface area contributed by atoms with Gasteiger partial charge in [-0.2, -0.15) is 13.2 Å². The number of alkyl halides is 3. The minimum atomic E-state index is -4.02. The summed E-state index contributed by atoms with van der Waals surface area (Å²) in [5.41, 5.74) is 0. The molecule has 0 aromatic heterocycles. The molecule has 0 aliphatic rings. The molecule has 4 heteroatoms. The van der Waals surface area contributed by atoms with Crippen LogP contribution in [0.15, 0.2) is 0 Å². The standard InChI is InChI=1S/C11H18F3N/c1-3-4-5-9-15-10(2)7-6-8-11(12,13)14/h1,10,15H,4-9H2,2H3. The van der Waals surface area contributed by atoms with E-state index in [-0.39, 0.29) is 12.5 Å². The molecule has 1 nitrogen and oxygen atoms in total. The summed E-state index contributed by atoms with van der Waals surface area (Å²) in [5.74, 6) is 2.52. The zero-order valence-electron chi connectivity index (χ0n) is 9.03. The van der Waals surface area contributed by atoms with Crippen LogP contribution >= 0.6 is 0 Å². The lowest BCUT2D eigenvalue weighted by Crippen LogP contribution is -2.27. The van der Waals surface area contributed by atoms with Crippen molar-refractivity contribution in [2.45, 2.75) is 51.2 Å². The van der Waals surface area contributed by atoms with Crippen molar-refractivity contribution in [2.24, 2.45) is 0 Å². The van der Waals surface area contributed by atoms with Crippen molar-refractivity contribution in [1.82, 2.24) is 5.32 Å². The normalized spacial score (nSPS) is 13.5. The summed E-state index contributed by atoms with van der Waals surface area (Å²) in [6.45, 7) is 2.67. The monoisotopic (exact) mass is 221 g/mol. The fourth-order valence-electron chi connectivity index (χ4n) is 1.25. The third kappa shape index (κ3) is 11.2. The van der Waals surface area contributed by atoms with E-state index in [1.165, 1.54) is 0 Å². The molecule has 15 heavy (non-hydrogen) atoms. The van der Waals surface area contributed by atoms with Crippen molar-refractivity contribution in [3.8, 4) is 12.3 Å². The highest BCUT2D eigenvalue weighted by atomic mass is 19.4. The molecule has 0 fully saturated rings. The van der Waals surface area contributed by atoms with E-state index in [9.17, 15) is 13.2 Å². The first-order valence-corrected chi connectivity index (χ1v) is 5.19. The lowest BCUT2D eigenvalue weighted by molar-refractivity contribution is -0.135. The fourth-order valence-corrected chi connectivity index (χ4v) is 1.25. The zero-order valence-corrected chi connectivity index (χ0v) is 9.03. The van der Waals surface area contributed by atoms with Gasteiger partial charge < -0.3 is 5.32 Å². The van der Waals surface area contributed by atoms with Crippen LogP contribution in [0.1, 0.15) is 39.0 Å². The van der Waals surface area contributed by atoms with Gasteiger partial charge in [-0.1, -0.05) is 0 Å². The SMILES string of the molecule is C#CCCCNC(C)CCCC(F)(F)F. The molecule has 0 aliphatic carbocycles. The Morgan fingerprint density at radius 2 is 2.00 bits per heavy atom. The second kappa shape index (κ2) is 7.58. The maximum absolute atomic E-state index is 11.8. The van der Waals surface area contributed by atoms with Gasteiger partial charge in [0.15, 0.2) is 0 Å². The summed E-state index contributed by atoms with van der Waals surface area (Å²) >= 11 is 0. The summed E-state index contributed by atoms with van der Waals surface area (Å²) < 4.78 is 35.4. The lowest BCUT2D eigenvalue weighted by Gasteiger charge is -2.13. The second-order valence-electron chi connectivity index (χ2n) is 3.67. The van der Waals surface area contributed by atoms with Crippen molar-refractivity contribution < 1.29 is 13.2 Å². The molecule has 0 amide bonds. The number of unbranched alkanes of at least 4 members (excludes halogenated alkanes) is 1. The topological polar surface area (TPSA) is 12.0 Å². The molecule has 1 atom stereocenters. The van der Waals surface area contributed by atoms with Crippen molar-refractivity contribution >= 4 is 0 Å². The molecule has 0 rings (SSSR count). The van der Waals surface area contributed by atoms with E-state index in [0.29, 0.717) is 12.8 Å². The highest BCUT2D eigenvalue weighted by molar-refractivity contribution is 4.83. The van der Waals surface area contributed by atoms with Crippen LogP contribution in [0.2, 0.25) is 0 Å². The largest absolute Gasteiger partial charge is 0.389 e. The molecule has 0 aliphatic heterocycles. The predicted molar refractivity (Wildman–Crippen MR) is 55.4 cm³/mol. The second-order valence-corrected chi connectivity index (χ2v) is 3.67. The van der Waals surface area contributed by atoms with Crippen LogP contribution < -0.4 is 5.32 Å². The third-order valence-electron chi connectivity index (χ3n) is 2.09. The number of hydrogen-bond acceptors (Lipinski definition) is 1. The summed E-state index contributed by atoms with van der Waals surface area (Å²) in [6, 6.07) is 0.130. The average molecular weight is 221 g/mol. The van der Waals surface area contributed by atoms with Crippen LogP contribution in [0.25, 0.3) is 0 Å². The number of terminal acetylenes is 1. The molecule has 1 unspecified atom stereocenters. The van der Waals surface area contributed by atoms with Gasteiger partial charge >= 0.3 is 6.18 Å². The summed E-state index contributed by atoms with van der Waals surface area (Å²) in [6.07, 6.45) is 2.68. The first-order chi connectivity index (χ1) is 6.95. The van der Waals surface area contributed by atoms with Gasteiger partial charge in [-0.05, 0) is 32.7 Å². The number of rotatable bonds is 7. The van der Waals surface area contributed by atoms with E-state index in [2.05, 4.69) is 11.2 Å².